The number of methoxy groups -OCH3 is 2. The van der Waals surface area contributed by atoms with Gasteiger partial charge in [0.05, 0.1) is 32.3 Å². The van der Waals surface area contributed by atoms with Gasteiger partial charge in [-0.05, 0) is 25.1 Å². The van der Waals surface area contributed by atoms with E-state index in [0.717, 1.165) is 0 Å². The molecule has 0 fully saturated rings. The Morgan fingerprint density at radius 1 is 1.29 bits per heavy atom. The molecule has 1 aliphatic heterocycles. The Hall–Kier alpha value is -2.99. The fourth-order valence-electron chi connectivity index (χ4n) is 4.46. The van der Waals surface area contributed by atoms with Crippen LogP contribution in [0.3, 0.4) is 0 Å². The average Bonchev–Trinajstić information content (AvgIpc) is 3.26. The van der Waals surface area contributed by atoms with Crippen molar-refractivity contribution in [2.75, 3.05) is 53.7 Å². The summed E-state index contributed by atoms with van der Waals surface area (Å²) in [5, 5.41) is 23.2. The standard InChI is InChI=1S/C24H32N2O9/c1-4-34-13-19(29)26(6-8-32-2)17-11-16(24(31)25-5-7-27)20-15-9-14(12-28)10-18(33-3)22(15)35-23(20)21(17)30/h9-12,17,20-21,23,27,30H,4-8,13H2,1-3H3,(H,25,31)/t17-,20+,21+,23+/m1/s1. The normalized spacial score (nSPS) is 22.4. The third-order valence-electron chi connectivity index (χ3n) is 6.06. The van der Waals surface area contributed by atoms with Gasteiger partial charge in [-0.2, -0.15) is 0 Å². The van der Waals surface area contributed by atoms with E-state index in [4.69, 9.17) is 18.9 Å². The molecular weight excluding hydrogens is 460 g/mol. The van der Waals surface area contributed by atoms with Crippen LogP contribution in [0.25, 0.3) is 0 Å². The van der Waals surface area contributed by atoms with Gasteiger partial charge >= 0.3 is 0 Å². The Balaban J connectivity index is 2.09. The van der Waals surface area contributed by atoms with Crippen molar-refractivity contribution in [3.8, 4) is 11.5 Å². The van der Waals surface area contributed by atoms with Gasteiger partial charge in [-0.15, -0.1) is 0 Å². The molecule has 1 heterocycles. The van der Waals surface area contributed by atoms with Crippen LogP contribution in [-0.4, -0.2) is 105 Å². The highest BCUT2D eigenvalue weighted by molar-refractivity contribution is 5.96. The van der Waals surface area contributed by atoms with Crippen molar-refractivity contribution in [1.82, 2.24) is 10.2 Å². The minimum atomic E-state index is -1.21. The number of fused-ring (bicyclic) bond motifs is 3. The number of carbonyl (C=O) groups is 3. The predicted molar refractivity (Wildman–Crippen MR) is 124 cm³/mol. The fraction of sp³-hybridized carbons (Fsp3) is 0.542. The summed E-state index contributed by atoms with van der Waals surface area (Å²) in [6.07, 6.45) is 0.0484. The maximum Gasteiger partial charge on any atom is 0.249 e. The molecule has 4 atom stereocenters. The molecule has 192 valence electrons. The molecular formula is C24H32N2O9. The van der Waals surface area contributed by atoms with Crippen LogP contribution < -0.4 is 14.8 Å². The monoisotopic (exact) mass is 492 g/mol. The van der Waals surface area contributed by atoms with E-state index < -0.39 is 30.1 Å². The summed E-state index contributed by atoms with van der Waals surface area (Å²) in [6, 6.07) is 2.19. The molecule has 3 N–H and O–H groups in total. The molecule has 11 nitrogen and oxygen atoms in total. The number of aliphatic hydroxyl groups is 2. The number of carbonyl (C=O) groups excluding carboxylic acids is 3. The van der Waals surface area contributed by atoms with Gasteiger partial charge < -0.3 is 39.4 Å². The molecule has 0 unspecified atom stereocenters. The van der Waals surface area contributed by atoms with Gasteiger partial charge in [-0.1, -0.05) is 0 Å². The summed E-state index contributed by atoms with van der Waals surface area (Å²) in [6.45, 7) is 2.01. The van der Waals surface area contributed by atoms with Crippen LogP contribution in [0, 0.1) is 0 Å². The van der Waals surface area contributed by atoms with Crippen LogP contribution in [0.15, 0.2) is 23.8 Å². The van der Waals surface area contributed by atoms with Gasteiger partial charge in [-0.25, -0.2) is 0 Å². The Morgan fingerprint density at radius 2 is 2.06 bits per heavy atom. The lowest BCUT2D eigenvalue weighted by Gasteiger charge is -2.40. The number of nitrogens with zero attached hydrogens (tertiary/aromatic N) is 1. The van der Waals surface area contributed by atoms with Crippen LogP contribution in [-0.2, 0) is 19.1 Å². The fourth-order valence-corrected chi connectivity index (χ4v) is 4.46. The van der Waals surface area contributed by atoms with Crippen molar-refractivity contribution < 1.29 is 43.5 Å². The van der Waals surface area contributed by atoms with Crippen molar-refractivity contribution >= 4 is 18.1 Å². The minimum Gasteiger partial charge on any atom is -0.493 e. The number of nitrogens with one attached hydrogen (secondary N) is 1. The van der Waals surface area contributed by atoms with Crippen molar-refractivity contribution in [3.63, 3.8) is 0 Å². The number of ether oxygens (including phenoxy) is 4. The third-order valence-corrected chi connectivity index (χ3v) is 6.06. The summed E-state index contributed by atoms with van der Waals surface area (Å²) in [4.78, 5) is 39.1. The van der Waals surface area contributed by atoms with E-state index in [1.54, 1.807) is 13.0 Å². The molecule has 11 heteroatoms. The lowest BCUT2D eigenvalue weighted by Crippen LogP contribution is -2.57. The zero-order valence-corrected chi connectivity index (χ0v) is 20.1. The topological polar surface area (TPSA) is 144 Å². The largest absolute Gasteiger partial charge is 0.493 e. The first kappa shape index (κ1) is 26.6. The summed E-state index contributed by atoms with van der Waals surface area (Å²) in [5.41, 5.74) is 1.09. The van der Waals surface area contributed by atoms with Crippen LogP contribution in [0.4, 0.5) is 0 Å². The van der Waals surface area contributed by atoms with Gasteiger partial charge in [-0.3, -0.25) is 14.4 Å². The minimum absolute atomic E-state index is 0.0167. The van der Waals surface area contributed by atoms with Crippen molar-refractivity contribution in [3.05, 3.63) is 34.9 Å². The van der Waals surface area contributed by atoms with Crippen LogP contribution in [0.1, 0.15) is 28.8 Å². The second kappa shape index (κ2) is 12.1. The van der Waals surface area contributed by atoms with Gasteiger partial charge in [0.25, 0.3) is 0 Å². The molecule has 1 aromatic carbocycles. The highest BCUT2D eigenvalue weighted by atomic mass is 16.5. The predicted octanol–water partition coefficient (Wildman–Crippen LogP) is -0.358. The molecule has 35 heavy (non-hydrogen) atoms. The molecule has 0 radical (unpaired) electrons. The summed E-state index contributed by atoms with van der Waals surface area (Å²) in [7, 11) is 2.92. The Morgan fingerprint density at radius 3 is 2.69 bits per heavy atom. The number of hydrogen-bond acceptors (Lipinski definition) is 9. The van der Waals surface area contributed by atoms with Crippen molar-refractivity contribution in [2.24, 2.45) is 0 Å². The van der Waals surface area contributed by atoms with E-state index in [1.807, 2.05) is 0 Å². The second-order valence-corrected chi connectivity index (χ2v) is 8.12. The number of amides is 2. The Bertz CT molecular complexity index is 965. The molecule has 0 spiro atoms. The molecule has 0 saturated heterocycles. The SMILES string of the molecule is CCOCC(=O)N(CCOC)[C@@H]1C=C(C(=O)NCCO)[C@@H]2c3cc(C=O)cc(OC)c3O[C@@H]2[C@H]1O. The van der Waals surface area contributed by atoms with E-state index in [-0.39, 0.29) is 44.4 Å². The number of benzene rings is 1. The average molecular weight is 493 g/mol. The maximum absolute atomic E-state index is 13.2. The second-order valence-electron chi connectivity index (χ2n) is 8.12. The van der Waals surface area contributed by atoms with Crippen LogP contribution in [0.2, 0.25) is 0 Å². The lowest BCUT2D eigenvalue weighted by molar-refractivity contribution is -0.142. The van der Waals surface area contributed by atoms with E-state index in [1.165, 1.54) is 31.3 Å². The molecule has 1 aliphatic carbocycles. The maximum atomic E-state index is 13.2. The highest BCUT2D eigenvalue weighted by Gasteiger charge is 2.51. The van der Waals surface area contributed by atoms with E-state index in [9.17, 15) is 24.6 Å². The molecule has 1 aromatic rings. The quantitative estimate of drug-likeness (QED) is 0.333. The van der Waals surface area contributed by atoms with E-state index >= 15 is 0 Å². The number of aliphatic hydroxyl groups excluding tert-OH is 2. The summed E-state index contributed by atoms with van der Waals surface area (Å²) >= 11 is 0. The van der Waals surface area contributed by atoms with E-state index in [0.29, 0.717) is 35.5 Å². The molecule has 0 saturated carbocycles. The van der Waals surface area contributed by atoms with E-state index in [2.05, 4.69) is 5.32 Å². The molecule has 2 aliphatic rings. The molecule has 2 amide bonds. The number of rotatable bonds is 12. The first-order valence-electron chi connectivity index (χ1n) is 11.4. The summed E-state index contributed by atoms with van der Waals surface area (Å²) < 4.78 is 21.9. The Kier molecular flexibility index (Phi) is 9.21. The number of aldehydes is 1. The summed E-state index contributed by atoms with van der Waals surface area (Å²) in [5.74, 6) is -0.981. The molecule has 3 rings (SSSR count). The lowest BCUT2D eigenvalue weighted by atomic mass is 9.77. The molecule has 0 bridgehead atoms. The van der Waals surface area contributed by atoms with Crippen molar-refractivity contribution in [1.29, 1.82) is 0 Å². The first-order valence-corrected chi connectivity index (χ1v) is 11.4. The van der Waals surface area contributed by atoms with Crippen LogP contribution >= 0.6 is 0 Å². The van der Waals surface area contributed by atoms with Gasteiger partial charge in [0.2, 0.25) is 11.8 Å². The highest BCUT2D eigenvalue weighted by Crippen LogP contribution is 2.51. The molecule has 0 aromatic heterocycles. The zero-order chi connectivity index (χ0) is 25.5. The van der Waals surface area contributed by atoms with Gasteiger partial charge in [0, 0.05) is 43.5 Å². The van der Waals surface area contributed by atoms with Crippen molar-refractivity contribution in [2.45, 2.75) is 31.1 Å². The Labute approximate surface area is 203 Å². The van der Waals surface area contributed by atoms with Gasteiger partial charge in [0.1, 0.15) is 25.1 Å². The zero-order valence-electron chi connectivity index (χ0n) is 20.1. The number of hydrogen-bond donors (Lipinski definition) is 3. The first-order chi connectivity index (χ1) is 16.9. The van der Waals surface area contributed by atoms with Gasteiger partial charge in [0.15, 0.2) is 11.5 Å². The van der Waals surface area contributed by atoms with Crippen LogP contribution in [0.5, 0.6) is 11.5 Å². The smallest absolute Gasteiger partial charge is 0.249 e. The third kappa shape index (κ3) is 5.48.